The summed E-state index contributed by atoms with van der Waals surface area (Å²) in [4.78, 5) is 13.3. The normalized spacial score (nSPS) is 14.5. The third kappa shape index (κ3) is 5.32. The molecule has 0 heterocycles. The van der Waals surface area contributed by atoms with Gasteiger partial charge in [0, 0.05) is 29.3 Å². The number of hydrogen-bond acceptors (Lipinski definition) is 3. The van der Waals surface area contributed by atoms with Crippen molar-refractivity contribution in [1.29, 1.82) is 0 Å². The highest BCUT2D eigenvalue weighted by Gasteiger charge is 2.20. The standard InChI is InChI=1S/C16H24BrN3O/c1-11(2)9-20(10-16(18)21)14-6-3-12(15(17)7-14)8-19-13-4-5-13/h3,6-7,11,13,19H,4-5,8-10H2,1-2H3,(H2,18,21). The van der Waals surface area contributed by atoms with Gasteiger partial charge in [-0.2, -0.15) is 0 Å². The Morgan fingerprint density at radius 1 is 1.48 bits per heavy atom. The Labute approximate surface area is 135 Å². The van der Waals surface area contributed by atoms with Gasteiger partial charge in [-0.25, -0.2) is 0 Å². The van der Waals surface area contributed by atoms with Crippen LogP contribution in [-0.2, 0) is 11.3 Å². The number of nitrogens with two attached hydrogens (primary N) is 1. The molecule has 1 amide bonds. The summed E-state index contributed by atoms with van der Waals surface area (Å²) >= 11 is 3.64. The molecule has 116 valence electrons. The average Bonchev–Trinajstić information content (AvgIpc) is 3.19. The molecule has 0 saturated heterocycles. The zero-order valence-corrected chi connectivity index (χ0v) is 14.3. The summed E-state index contributed by atoms with van der Waals surface area (Å²) in [5.74, 6) is 0.172. The SMILES string of the molecule is CC(C)CN(CC(N)=O)c1ccc(CNC2CC2)c(Br)c1. The number of carbonyl (C=O) groups excluding carboxylic acids is 1. The van der Waals surface area contributed by atoms with E-state index in [0.717, 1.165) is 23.2 Å². The van der Waals surface area contributed by atoms with Crippen molar-refractivity contribution < 1.29 is 4.79 Å². The number of carbonyl (C=O) groups is 1. The molecule has 1 aromatic carbocycles. The van der Waals surface area contributed by atoms with E-state index in [-0.39, 0.29) is 12.5 Å². The van der Waals surface area contributed by atoms with Crippen LogP contribution in [0.2, 0.25) is 0 Å². The topological polar surface area (TPSA) is 58.4 Å². The van der Waals surface area contributed by atoms with Gasteiger partial charge in [0.1, 0.15) is 0 Å². The molecule has 0 unspecified atom stereocenters. The van der Waals surface area contributed by atoms with Crippen molar-refractivity contribution in [1.82, 2.24) is 5.32 Å². The van der Waals surface area contributed by atoms with E-state index in [1.54, 1.807) is 0 Å². The number of amides is 1. The predicted molar refractivity (Wildman–Crippen MR) is 90.2 cm³/mol. The second kappa shape index (κ2) is 7.27. The third-order valence-corrected chi connectivity index (χ3v) is 4.23. The predicted octanol–water partition coefficient (Wildman–Crippen LogP) is 2.65. The monoisotopic (exact) mass is 353 g/mol. The number of nitrogens with zero attached hydrogens (tertiary/aromatic N) is 1. The molecule has 5 heteroatoms. The number of nitrogens with one attached hydrogen (secondary N) is 1. The van der Waals surface area contributed by atoms with Gasteiger partial charge >= 0.3 is 0 Å². The lowest BCUT2D eigenvalue weighted by molar-refractivity contribution is -0.116. The molecule has 0 atom stereocenters. The second-order valence-corrected chi connectivity index (χ2v) is 7.03. The first-order valence-corrected chi connectivity index (χ1v) is 8.30. The zero-order chi connectivity index (χ0) is 15.4. The Morgan fingerprint density at radius 3 is 2.71 bits per heavy atom. The van der Waals surface area contributed by atoms with Gasteiger partial charge in [0.05, 0.1) is 6.54 Å². The van der Waals surface area contributed by atoms with Gasteiger partial charge in [0.2, 0.25) is 5.91 Å². The molecule has 1 aliphatic rings. The van der Waals surface area contributed by atoms with Crippen molar-refractivity contribution in [2.24, 2.45) is 11.7 Å². The van der Waals surface area contributed by atoms with Crippen LogP contribution in [0.1, 0.15) is 32.3 Å². The van der Waals surface area contributed by atoms with Crippen molar-refractivity contribution in [3.8, 4) is 0 Å². The van der Waals surface area contributed by atoms with E-state index < -0.39 is 0 Å². The molecular formula is C16H24BrN3O. The van der Waals surface area contributed by atoms with Crippen molar-refractivity contribution in [3.05, 3.63) is 28.2 Å². The molecule has 0 radical (unpaired) electrons. The summed E-state index contributed by atoms with van der Waals surface area (Å²) in [7, 11) is 0. The van der Waals surface area contributed by atoms with Crippen LogP contribution in [0.25, 0.3) is 0 Å². The number of halogens is 1. The Hall–Kier alpha value is -1.07. The van der Waals surface area contributed by atoms with Crippen LogP contribution < -0.4 is 16.0 Å². The maximum atomic E-state index is 11.3. The maximum absolute atomic E-state index is 11.3. The van der Waals surface area contributed by atoms with Crippen molar-refractivity contribution >= 4 is 27.5 Å². The van der Waals surface area contributed by atoms with E-state index in [9.17, 15) is 4.79 Å². The van der Waals surface area contributed by atoms with E-state index >= 15 is 0 Å². The first-order chi connectivity index (χ1) is 9.95. The summed E-state index contributed by atoms with van der Waals surface area (Å²) < 4.78 is 1.08. The number of hydrogen-bond donors (Lipinski definition) is 2. The minimum Gasteiger partial charge on any atom is -0.368 e. The highest BCUT2D eigenvalue weighted by Crippen LogP contribution is 2.26. The summed E-state index contributed by atoms with van der Waals surface area (Å²) in [5, 5.41) is 3.51. The summed E-state index contributed by atoms with van der Waals surface area (Å²) in [5.41, 5.74) is 7.64. The first kappa shape index (κ1) is 16.3. The summed E-state index contributed by atoms with van der Waals surface area (Å²) in [6.07, 6.45) is 2.58. The molecule has 1 aromatic rings. The van der Waals surface area contributed by atoms with Crippen LogP contribution >= 0.6 is 15.9 Å². The van der Waals surface area contributed by atoms with Crippen LogP contribution in [0.5, 0.6) is 0 Å². The number of rotatable bonds is 8. The number of benzene rings is 1. The van der Waals surface area contributed by atoms with Gasteiger partial charge in [-0.05, 0) is 36.5 Å². The smallest absolute Gasteiger partial charge is 0.236 e. The quantitative estimate of drug-likeness (QED) is 0.755. The molecule has 0 bridgehead atoms. The molecular weight excluding hydrogens is 330 g/mol. The highest BCUT2D eigenvalue weighted by molar-refractivity contribution is 9.10. The van der Waals surface area contributed by atoms with Gasteiger partial charge in [-0.1, -0.05) is 35.8 Å². The van der Waals surface area contributed by atoms with E-state index in [0.29, 0.717) is 12.0 Å². The second-order valence-electron chi connectivity index (χ2n) is 6.17. The van der Waals surface area contributed by atoms with Crippen molar-refractivity contribution in [2.45, 2.75) is 39.3 Å². The molecule has 3 N–H and O–H groups in total. The lowest BCUT2D eigenvalue weighted by Crippen LogP contribution is -2.36. The van der Waals surface area contributed by atoms with Crippen LogP contribution in [0.3, 0.4) is 0 Å². The fourth-order valence-corrected chi connectivity index (χ4v) is 2.82. The fourth-order valence-electron chi connectivity index (χ4n) is 2.31. The minimum absolute atomic E-state index is 0.254. The van der Waals surface area contributed by atoms with Crippen molar-refractivity contribution in [2.75, 3.05) is 18.0 Å². The Kier molecular flexibility index (Phi) is 5.65. The summed E-state index contributed by atoms with van der Waals surface area (Å²) in [6.45, 7) is 6.22. The minimum atomic E-state index is -0.300. The van der Waals surface area contributed by atoms with Gasteiger partial charge in [-0.15, -0.1) is 0 Å². The van der Waals surface area contributed by atoms with Gasteiger partial charge in [-0.3, -0.25) is 4.79 Å². The third-order valence-electron chi connectivity index (χ3n) is 3.49. The Bertz CT molecular complexity index is 500. The lowest BCUT2D eigenvalue weighted by atomic mass is 10.1. The molecule has 1 aliphatic carbocycles. The van der Waals surface area contributed by atoms with Gasteiger partial charge < -0.3 is 16.0 Å². The van der Waals surface area contributed by atoms with E-state index in [1.807, 2.05) is 4.90 Å². The largest absolute Gasteiger partial charge is 0.368 e. The molecule has 1 fully saturated rings. The van der Waals surface area contributed by atoms with Crippen LogP contribution in [0.4, 0.5) is 5.69 Å². The zero-order valence-electron chi connectivity index (χ0n) is 12.7. The Balaban J connectivity index is 2.08. The van der Waals surface area contributed by atoms with Crippen molar-refractivity contribution in [3.63, 3.8) is 0 Å². The molecule has 0 aromatic heterocycles. The molecule has 2 rings (SSSR count). The lowest BCUT2D eigenvalue weighted by Gasteiger charge is -2.26. The Morgan fingerprint density at radius 2 is 2.19 bits per heavy atom. The number of primary amides is 1. The fraction of sp³-hybridized carbons (Fsp3) is 0.562. The van der Waals surface area contributed by atoms with Crippen LogP contribution in [0, 0.1) is 5.92 Å². The van der Waals surface area contributed by atoms with E-state index in [4.69, 9.17) is 5.73 Å². The molecule has 0 aliphatic heterocycles. The molecule has 21 heavy (non-hydrogen) atoms. The summed E-state index contributed by atoms with van der Waals surface area (Å²) in [6, 6.07) is 6.96. The molecule has 1 saturated carbocycles. The maximum Gasteiger partial charge on any atom is 0.236 e. The molecule has 4 nitrogen and oxygen atoms in total. The van der Waals surface area contributed by atoms with Crippen LogP contribution in [-0.4, -0.2) is 25.0 Å². The number of anilines is 1. The van der Waals surface area contributed by atoms with Gasteiger partial charge in [0.25, 0.3) is 0 Å². The van der Waals surface area contributed by atoms with E-state index in [1.165, 1.54) is 18.4 Å². The van der Waals surface area contributed by atoms with E-state index in [2.05, 4.69) is 53.3 Å². The van der Waals surface area contributed by atoms with Crippen LogP contribution in [0.15, 0.2) is 22.7 Å². The van der Waals surface area contributed by atoms with Gasteiger partial charge in [0.15, 0.2) is 0 Å². The first-order valence-electron chi connectivity index (χ1n) is 7.50. The molecule has 0 spiro atoms. The average molecular weight is 354 g/mol. The highest BCUT2D eigenvalue weighted by atomic mass is 79.9.